The van der Waals surface area contributed by atoms with Crippen LogP contribution in [-0.4, -0.2) is 17.1 Å². The number of nitrogens with two attached hydrogens (primary N) is 1. The molecule has 0 aliphatic carbocycles. The molecule has 0 spiro atoms. The number of nitro groups is 1. The molecule has 1 aromatic carbocycles. The van der Waals surface area contributed by atoms with E-state index >= 15 is 0 Å². The van der Waals surface area contributed by atoms with E-state index in [2.05, 4.69) is 15.9 Å². The van der Waals surface area contributed by atoms with Gasteiger partial charge in [-0.15, -0.1) is 0 Å². The minimum Gasteiger partial charge on any atom is -0.375 e. The van der Waals surface area contributed by atoms with Crippen LogP contribution in [0.3, 0.4) is 0 Å². The van der Waals surface area contributed by atoms with Gasteiger partial charge in [-0.3, -0.25) is 10.1 Å². The van der Waals surface area contributed by atoms with Crippen molar-refractivity contribution in [3.05, 3.63) is 38.3 Å². The molecule has 0 fully saturated rings. The van der Waals surface area contributed by atoms with Gasteiger partial charge in [-0.05, 0) is 25.0 Å². The van der Waals surface area contributed by atoms with Gasteiger partial charge in [0.2, 0.25) is 0 Å². The Morgan fingerprint density at radius 3 is 2.72 bits per heavy atom. The van der Waals surface area contributed by atoms with Crippen molar-refractivity contribution >= 4 is 21.6 Å². The summed E-state index contributed by atoms with van der Waals surface area (Å²) in [4.78, 5) is 10.2. The van der Waals surface area contributed by atoms with Crippen LogP contribution in [0.25, 0.3) is 0 Å². The predicted octanol–water partition coefficient (Wildman–Crippen LogP) is 3.00. The zero-order valence-corrected chi connectivity index (χ0v) is 12.1. The van der Waals surface area contributed by atoms with E-state index in [9.17, 15) is 10.1 Å². The highest BCUT2D eigenvalue weighted by molar-refractivity contribution is 9.10. The highest BCUT2D eigenvalue weighted by Gasteiger charge is 2.16. The summed E-state index contributed by atoms with van der Waals surface area (Å²) in [5.74, 6) is 0. The maximum atomic E-state index is 10.6. The monoisotopic (exact) mass is 316 g/mol. The summed E-state index contributed by atoms with van der Waals surface area (Å²) in [6, 6.07) is 4.62. The standard InChI is InChI=1S/C12H17BrN2O3/c1-3-12(2,14)8-18-7-9-4-5-10(15(16)17)6-11(9)13/h4-6H,3,7-8,14H2,1-2H3. The molecular formula is C12H17BrN2O3. The fraction of sp³-hybridized carbons (Fsp3) is 0.500. The van der Waals surface area contributed by atoms with Crippen LogP contribution in [0.2, 0.25) is 0 Å². The lowest BCUT2D eigenvalue weighted by Gasteiger charge is -2.22. The second-order valence-corrected chi connectivity index (χ2v) is 5.39. The molecule has 1 aromatic rings. The number of nitrogens with zero attached hydrogens (tertiary/aromatic N) is 1. The topological polar surface area (TPSA) is 78.4 Å². The first-order valence-electron chi connectivity index (χ1n) is 5.65. The Morgan fingerprint density at radius 1 is 1.56 bits per heavy atom. The van der Waals surface area contributed by atoms with Gasteiger partial charge in [0.1, 0.15) is 0 Å². The van der Waals surface area contributed by atoms with Crippen molar-refractivity contribution in [1.29, 1.82) is 0 Å². The van der Waals surface area contributed by atoms with Crippen molar-refractivity contribution in [2.24, 2.45) is 5.73 Å². The van der Waals surface area contributed by atoms with Gasteiger partial charge >= 0.3 is 0 Å². The van der Waals surface area contributed by atoms with Crippen molar-refractivity contribution < 1.29 is 9.66 Å². The number of rotatable bonds is 6. The van der Waals surface area contributed by atoms with Crippen LogP contribution in [0.1, 0.15) is 25.8 Å². The summed E-state index contributed by atoms with van der Waals surface area (Å²) < 4.78 is 6.20. The van der Waals surface area contributed by atoms with Gasteiger partial charge in [0, 0.05) is 22.1 Å². The lowest BCUT2D eigenvalue weighted by molar-refractivity contribution is -0.384. The van der Waals surface area contributed by atoms with Crippen molar-refractivity contribution in [2.75, 3.05) is 6.61 Å². The molecule has 1 unspecified atom stereocenters. The second-order valence-electron chi connectivity index (χ2n) is 4.53. The number of benzene rings is 1. The van der Waals surface area contributed by atoms with Gasteiger partial charge < -0.3 is 10.5 Å². The zero-order valence-electron chi connectivity index (χ0n) is 10.5. The Morgan fingerprint density at radius 2 is 2.22 bits per heavy atom. The van der Waals surface area contributed by atoms with Crippen LogP contribution >= 0.6 is 15.9 Å². The summed E-state index contributed by atoms with van der Waals surface area (Å²) in [5.41, 5.74) is 6.54. The van der Waals surface area contributed by atoms with E-state index < -0.39 is 4.92 Å². The normalized spacial score (nSPS) is 14.2. The predicted molar refractivity (Wildman–Crippen MR) is 73.3 cm³/mol. The molecule has 0 radical (unpaired) electrons. The molecule has 1 atom stereocenters. The lowest BCUT2D eigenvalue weighted by Crippen LogP contribution is -2.40. The van der Waals surface area contributed by atoms with Crippen LogP contribution in [0.5, 0.6) is 0 Å². The Hall–Kier alpha value is -0.980. The molecule has 1 rings (SSSR count). The Balaban J connectivity index is 2.61. The maximum Gasteiger partial charge on any atom is 0.270 e. The van der Waals surface area contributed by atoms with Crippen LogP contribution in [0, 0.1) is 10.1 Å². The second kappa shape index (κ2) is 6.26. The van der Waals surface area contributed by atoms with Gasteiger partial charge in [0.15, 0.2) is 0 Å². The fourth-order valence-electron chi connectivity index (χ4n) is 1.26. The van der Waals surface area contributed by atoms with Crippen LogP contribution in [-0.2, 0) is 11.3 Å². The maximum absolute atomic E-state index is 10.6. The molecule has 2 N–H and O–H groups in total. The molecule has 5 nitrogen and oxygen atoms in total. The van der Waals surface area contributed by atoms with E-state index in [1.165, 1.54) is 12.1 Å². The van der Waals surface area contributed by atoms with E-state index in [0.29, 0.717) is 17.7 Å². The average molecular weight is 317 g/mol. The van der Waals surface area contributed by atoms with Crippen molar-refractivity contribution in [3.63, 3.8) is 0 Å². The fourth-order valence-corrected chi connectivity index (χ4v) is 1.74. The van der Waals surface area contributed by atoms with E-state index in [0.717, 1.165) is 12.0 Å². The Labute approximate surface area is 115 Å². The molecule has 18 heavy (non-hydrogen) atoms. The van der Waals surface area contributed by atoms with Crippen molar-refractivity contribution in [1.82, 2.24) is 0 Å². The number of hydrogen-bond donors (Lipinski definition) is 1. The number of halogens is 1. The highest BCUT2D eigenvalue weighted by Crippen LogP contribution is 2.23. The summed E-state index contributed by atoms with van der Waals surface area (Å²) in [7, 11) is 0. The molecule has 0 aromatic heterocycles. The quantitative estimate of drug-likeness (QED) is 0.646. The van der Waals surface area contributed by atoms with Gasteiger partial charge in [-0.25, -0.2) is 0 Å². The molecule has 0 saturated carbocycles. The SMILES string of the molecule is CCC(C)(N)COCc1ccc([N+](=O)[O-])cc1Br. The third-order valence-electron chi connectivity index (χ3n) is 2.74. The highest BCUT2D eigenvalue weighted by atomic mass is 79.9. The number of ether oxygens (including phenoxy) is 1. The number of nitro benzene ring substituents is 1. The Kier molecular flexibility index (Phi) is 5.25. The van der Waals surface area contributed by atoms with E-state index in [-0.39, 0.29) is 11.2 Å². The molecule has 0 bridgehead atoms. The zero-order chi connectivity index (χ0) is 13.8. The molecule has 0 aliphatic rings. The Bertz CT molecular complexity index is 435. The molecule has 100 valence electrons. The van der Waals surface area contributed by atoms with E-state index in [1.54, 1.807) is 6.07 Å². The third kappa shape index (κ3) is 4.36. The minimum absolute atomic E-state index is 0.0582. The molecule has 0 amide bonds. The van der Waals surface area contributed by atoms with Gasteiger partial charge in [0.05, 0.1) is 18.1 Å². The number of hydrogen-bond acceptors (Lipinski definition) is 4. The summed E-state index contributed by atoms with van der Waals surface area (Å²) in [5, 5.41) is 10.6. The summed E-state index contributed by atoms with van der Waals surface area (Å²) >= 11 is 3.30. The molecule has 6 heteroatoms. The van der Waals surface area contributed by atoms with Gasteiger partial charge in [-0.2, -0.15) is 0 Å². The number of non-ortho nitro benzene ring substituents is 1. The van der Waals surface area contributed by atoms with Gasteiger partial charge in [-0.1, -0.05) is 22.9 Å². The summed E-state index contributed by atoms with van der Waals surface area (Å²) in [6.07, 6.45) is 0.828. The largest absolute Gasteiger partial charge is 0.375 e. The van der Waals surface area contributed by atoms with Crippen LogP contribution in [0.15, 0.2) is 22.7 Å². The molecule has 0 aliphatic heterocycles. The average Bonchev–Trinajstić information content (AvgIpc) is 2.31. The van der Waals surface area contributed by atoms with Crippen LogP contribution < -0.4 is 5.73 Å². The lowest BCUT2D eigenvalue weighted by atomic mass is 10.0. The third-order valence-corrected chi connectivity index (χ3v) is 3.48. The first-order chi connectivity index (χ1) is 8.35. The van der Waals surface area contributed by atoms with Crippen LogP contribution in [0.4, 0.5) is 5.69 Å². The first-order valence-corrected chi connectivity index (χ1v) is 6.44. The summed E-state index contributed by atoms with van der Waals surface area (Å²) in [6.45, 7) is 4.77. The first kappa shape index (κ1) is 15.1. The van der Waals surface area contributed by atoms with E-state index in [4.69, 9.17) is 10.5 Å². The molecule has 0 heterocycles. The van der Waals surface area contributed by atoms with Crippen molar-refractivity contribution in [2.45, 2.75) is 32.4 Å². The smallest absolute Gasteiger partial charge is 0.270 e. The van der Waals surface area contributed by atoms with Gasteiger partial charge in [0.25, 0.3) is 5.69 Å². The van der Waals surface area contributed by atoms with Crippen molar-refractivity contribution in [3.8, 4) is 0 Å². The minimum atomic E-state index is -0.427. The molecular weight excluding hydrogens is 300 g/mol. The molecule has 0 saturated heterocycles. The van der Waals surface area contributed by atoms with E-state index in [1.807, 2.05) is 13.8 Å².